The van der Waals surface area contributed by atoms with Crippen molar-refractivity contribution in [1.29, 1.82) is 0 Å². The van der Waals surface area contributed by atoms with Gasteiger partial charge < -0.3 is 19.7 Å². The molecule has 0 aromatic rings. The fourth-order valence-corrected chi connectivity index (χ4v) is 4.25. The van der Waals surface area contributed by atoms with E-state index in [2.05, 4.69) is 15.2 Å². The van der Waals surface area contributed by atoms with Gasteiger partial charge in [0, 0.05) is 45.8 Å². The summed E-state index contributed by atoms with van der Waals surface area (Å²) in [6, 6.07) is 0. The topological polar surface area (TPSA) is 46.1 Å². The number of rotatable bonds is 6. The number of hydrogen-bond acceptors (Lipinski definition) is 3. The minimum absolute atomic E-state index is 0. The van der Waals surface area contributed by atoms with E-state index in [1.54, 1.807) is 0 Å². The van der Waals surface area contributed by atoms with Crippen molar-refractivity contribution in [2.24, 2.45) is 22.7 Å². The number of halogens is 1. The van der Waals surface area contributed by atoms with Crippen LogP contribution in [0.1, 0.15) is 38.5 Å². The molecule has 0 spiro atoms. The summed E-state index contributed by atoms with van der Waals surface area (Å²) in [5.41, 5.74) is 0. The van der Waals surface area contributed by atoms with Crippen LogP contribution in [0.5, 0.6) is 0 Å². The second-order valence-electron chi connectivity index (χ2n) is 7.34. The molecule has 2 heterocycles. The largest absolute Gasteiger partial charge is 0.381 e. The minimum atomic E-state index is 0. The summed E-state index contributed by atoms with van der Waals surface area (Å²) in [6.45, 7) is 6.80. The van der Waals surface area contributed by atoms with E-state index in [4.69, 9.17) is 9.47 Å². The number of hydrogen-bond donors (Lipinski definition) is 1. The molecule has 0 aromatic heterocycles. The first-order valence-corrected chi connectivity index (χ1v) is 9.48. The van der Waals surface area contributed by atoms with E-state index in [9.17, 15) is 0 Å². The van der Waals surface area contributed by atoms with E-state index < -0.39 is 0 Å². The van der Waals surface area contributed by atoms with Crippen molar-refractivity contribution in [2.45, 2.75) is 38.5 Å². The highest BCUT2D eigenvalue weighted by molar-refractivity contribution is 14.0. The molecule has 2 saturated heterocycles. The van der Waals surface area contributed by atoms with Crippen LogP contribution in [0.4, 0.5) is 0 Å². The number of fused-ring (bicyclic) bond motifs is 1. The van der Waals surface area contributed by atoms with Crippen LogP contribution in [-0.4, -0.2) is 64.0 Å². The van der Waals surface area contributed by atoms with Gasteiger partial charge in [0.1, 0.15) is 0 Å². The fourth-order valence-electron chi connectivity index (χ4n) is 4.25. The maximum Gasteiger partial charge on any atom is 0.193 e. The normalized spacial score (nSPS) is 30.1. The Morgan fingerprint density at radius 2 is 1.96 bits per heavy atom. The molecule has 2 aliphatic heterocycles. The second-order valence-corrected chi connectivity index (χ2v) is 7.34. The molecule has 3 aliphatic rings. The molecule has 0 bridgehead atoms. The second kappa shape index (κ2) is 10.8. The Hall–Kier alpha value is -0.0800. The first kappa shape index (κ1) is 20.2. The lowest BCUT2D eigenvalue weighted by atomic mass is 9.82. The Balaban J connectivity index is 0.00000208. The van der Waals surface area contributed by atoms with Crippen LogP contribution in [-0.2, 0) is 9.47 Å². The van der Waals surface area contributed by atoms with E-state index >= 15 is 0 Å². The van der Waals surface area contributed by atoms with Crippen molar-refractivity contribution in [2.75, 3.05) is 53.1 Å². The van der Waals surface area contributed by atoms with Crippen LogP contribution < -0.4 is 5.32 Å². The first-order chi connectivity index (χ1) is 11.4. The molecule has 1 aliphatic carbocycles. The van der Waals surface area contributed by atoms with Gasteiger partial charge in [-0.05, 0) is 37.5 Å². The molecular formula is C18H34IN3O2. The van der Waals surface area contributed by atoms with Crippen LogP contribution >= 0.6 is 24.0 Å². The van der Waals surface area contributed by atoms with Crippen molar-refractivity contribution in [3.05, 3.63) is 0 Å². The summed E-state index contributed by atoms with van der Waals surface area (Å²) in [7, 11) is 1.90. The molecule has 1 N–H and O–H groups in total. The zero-order valence-electron chi connectivity index (χ0n) is 15.0. The number of nitrogens with zero attached hydrogens (tertiary/aromatic N) is 2. The van der Waals surface area contributed by atoms with Crippen LogP contribution in [0.15, 0.2) is 4.99 Å². The maximum absolute atomic E-state index is 5.76. The zero-order chi connectivity index (χ0) is 15.9. The molecule has 3 fully saturated rings. The summed E-state index contributed by atoms with van der Waals surface area (Å²) in [4.78, 5) is 6.95. The Morgan fingerprint density at radius 1 is 1.21 bits per heavy atom. The van der Waals surface area contributed by atoms with E-state index in [0.29, 0.717) is 5.92 Å². The third-order valence-electron chi connectivity index (χ3n) is 5.61. The molecule has 3 unspecified atom stereocenters. The Kier molecular flexibility index (Phi) is 9.11. The number of guanidine groups is 1. The molecule has 3 atom stereocenters. The average molecular weight is 451 g/mol. The van der Waals surface area contributed by atoms with Crippen LogP contribution in [0, 0.1) is 17.8 Å². The van der Waals surface area contributed by atoms with Gasteiger partial charge in [0.25, 0.3) is 0 Å². The van der Waals surface area contributed by atoms with Gasteiger partial charge in [0.15, 0.2) is 5.96 Å². The molecule has 0 aromatic carbocycles. The van der Waals surface area contributed by atoms with Crippen LogP contribution in [0.3, 0.4) is 0 Å². The highest BCUT2D eigenvalue weighted by Crippen LogP contribution is 2.35. The maximum atomic E-state index is 5.76. The third-order valence-corrected chi connectivity index (χ3v) is 5.61. The van der Waals surface area contributed by atoms with E-state index in [1.807, 2.05) is 7.05 Å². The lowest BCUT2D eigenvalue weighted by Gasteiger charge is -2.22. The van der Waals surface area contributed by atoms with Crippen molar-refractivity contribution in [1.82, 2.24) is 10.2 Å². The lowest BCUT2D eigenvalue weighted by Crippen LogP contribution is -2.40. The first-order valence-electron chi connectivity index (χ1n) is 9.48. The molecule has 0 amide bonds. The predicted molar refractivity (Wildman–Crippen MR) is 108 cm³/mol. The van der Waals surface area contributed by atoms with Crippen molar-refractivity contribution in [3.63, 3.8) is 0 Å². The molecule has 0 radical (unpaired) electrons. The molecule has 3 rings (SSSR count). The van der Waals surface area contributed by atoms with Gasteiger partial charge >= 0.3 is 0 Å². The average Bonchev–Trinajstić information content (AvgIpc) is 3.23. The third kappa shape index (κ3) is 5.73. The van der Waals surface area contributed by atoms with Gasteiger partial charge in [-0.15, -0.1) is 24.0 Å². The summed E-state index contributed by atoms with van der Waals surface area (Å²) >= 11 is 0. The number of nitrogens with one attached hydrogen (secondary N) is 1. The highest BCUT2D eigenvalue weighted by Gasteiger charge is 2.35. The number of ether oxygens (including phenoxy) is 2. The van der Waals surface area contributed by atoms with Crippen LogP contribution in [0.2, 0.25) is 0 Å². The van der Waals surface area contributed by atoms with E-state index in [-0.39, 0.29) is 24.0 Å². The lowest BCUT2D eigenvalue weighted by molar-refractivity contribution is 0.0887. The molecule has 6 heteroatoms. The Morgan fingerprint density at radius 3 is 2.58 bits per heavy atom. The van der Waals surface area contributed by atoms with E-state index in [0.717, 1.165) is 63.6 Å². The summed E-state index contributed by atoms with van der Waals surface area (Å²) in [6.07, 6.45) is 7.86. The summed E-state index contributed by atoms with van der Waals surface area (Å²) in [5.74, 6) is 3.51. The number of aliphatic imine (C=N–C) groups is 1. The summed E-state index contributed by atoms with van der Waals surface area (Å²) in [5, 5.41) is 3.52. The molecule has 24 heavy (non-hydrogen) atoms. The van der Waals surface area contributed by atoms with Gasteiger partial charge in [-0.3, -0.25) is 4.99 Å². The zero-order valence-corrected chi connectivity index (χ0v) is 17.4. The molecule has 140 valence electrons. The molecule has 5 nitrogen and oxygen atoms in total. The van der Waals surface area contributed by atoms with Gasteiger partial charge in [0.2, 0.25) is 0 Å². The fraction of sp³-hybridized carbons (Fsp3) is 0.944. The van der Waals surface area contributed by atoms with Gasteiger partial charge in [-0.25, -0.2) is 0 Å². The predicted octanol–water partition coefficient (Wildman–Crippen LogP) is 2.75. The van der Waals surface area contributed by atoms with Crippen LogP contribution in [0.25, 0.3) is 0 Å². The smallest absolute Gasteiger partial charge is 0.193 e. The van der Waals surface area contributed by atoms with Crippen molar-refractivity contribution in [3.8, 4) is 0 Å². The molecule has 1 saturated carbocycles. The minimum Gasteiger partial charge on any atom is -0.381 e. The highest BCUT2D eigenvalue weighted by atomic mass is 127. The van der Waals surface area contributed by atoms with Crippen molar-refractivity contribution >= 4 is 29.9 Å². The standard InChI is InChI=1S/C18H33N3O2.HI/c1-19-18(21-11-16-5-2-3-6-17(16)12-21)20-8-4-9-22-13-15-7-10-23-14-15;/h15-17H,2-14H2,1H3,(H,19,20);1H. The molecular weight excluding hydrogens is 417 g/mol. The Bertz CT molecular complexity index is 374. The number of likely N-dealkylation sites (tertiary alicyclic amines) is 1. The van der Waals surface area contributed by atoms with Gasteiger partial charge in [-0.2, -0.15) is 0 Å². The van der Waals surface area contributed by atoms with Gasteiger partial charge in [0.05, 0.1) is 13.2 Å². The van der Waals surface area contributed by atoms with Gasteiger partial charge in [-0.1, -0.05) is 12.8 Å². The summed E-state index contributed by atoms with van der Waals surface area (Å²) < 4.78 is 11.1. The monoisotopic (exact) mass is 451 g/mol. The quantitative estimate of drug-likeness (QED) is 0.292. The van der Waals surface area contributed by atoms with Crippen molar-refractivity contribution < 1.29 is 9.47 Å². The Labute approximate surface area is 164 Å². The SMILES string of the molecule is CN=C(NCCCOCC1CCOC1)N1CC2CCCCC2C1.I. The van der Waals surface area contributed by atoms with E-state index in [1.165, 1.54) is 38.8 Å².